The second-order valence-electron chi connectivity index (χ2n) is 7.31. The average molecular weight is 420 g/mol. The Kier molecular flexibility index (Phi) is 5.29. The molecule has 8 heteroatoms. The fourth-order valence-electron chi connectivity index (χ4n) is 3.54. The third-order valence-corrected chi connectivity index (χ3v) is 5.35. The van der Waals surface area contributed by atoms with Crippen molar-refractivity contribution in [3.63, 3.8) is 0 Å². The zero-order valence-electron chi connectivity index (χ0n) is 17.1. The zero-order chi connectivity index (χ0) is 22.1. The number of carbonyl (C=O) groups is 1. The molecule has 0 saturated carbocycles. The highest BCUT2D eigenvalue weighted by Gasteiger charge is 2.13. The quantitative estimate of drug-likeness (QED) is 0.392. The van der Waals surface area contributed by atoms with Crippen LogP contribution < -0.4 is 16.9 Å². The zero-order valence-corrected chi connectivity index (χ0v) is 17.1. The van der Waals surface area contributed by atoms with Crippen LogP contribution in [0, 0.1) is 13.8 Å². The van der Waals surface area contributed by atoms with E-state index in [9.17, 15) is 19.2 Å². The highest BCUT2D eigenvalue weighted by Crippen LogP contribution is 2.23. The maximum atomic E-state index is 12.3. The molecule has 0 spiro atoms. The van der Waals surface area contributed by atoms with Gasteiger partial charge in [0, 0.05) is 23.6 Å². The van der Waals surface area contributed by atoms with Crippen LogP contribution in [-0.2, 0) is 22.7 Å². The highest BCUT2D eigenvalue weighted by atomic mass is 16.5. The molecule has 0 saturated heterocycles. The van der Waals surface area contributed by atoms with Gasteiger partial charge in [-0.1, -0.05) is 24.3 Å². The molecule has 4 aromatic rings. The highest BCUT2D eigenvalue weighted by molar-refractivity contribution is 5.84. The van der Waals surface area contributed by atoms with Crippen molar-refractivity contribution in [3.8, 4) is 0 Å². The number of hydrogen-bond donors (Lipinski definition) is 1. The van der Waals surface area contributed by atoms with Crippen molar-refractivity contribution in [2.45, 2.75) is 33.4 Å². The van der Waals surface area contributed by atoms with Gasteiger partial charge in [-0.25, -0.2) is 9.59 Å². The van der Waals surface area contributed by atoms with E-state index in [1.165, 1.54) is 10.6 Å². The summed E-state index contributed by atoms with van der Waals surface area (Å²) in [5.41, 5.74) is 1.74. The first kappa shape index (κ1) is 20.3. The van der Waals surface area contributed by atoms with Crippen molar-refractivity contribution in [1.29, 1.82) is 0 Å². The maximum absolute atomic E-state index is 12.3. The van der Waals surface area contributed by atoms with E-state index < -0.39 is 22.8 Å². The molecule has 0 aliphatic carbocycles. The van der Waals surface area contributed by atoms with E-state index in [1.807, 2.05) is 26.0 Å². The summed E-state index contributed by atoms with van der Waals surface area (Å²) in [7, 11) is 0. The second kappa shape index (κ2) is 8.06. The molecule has 0 bridgehead atoms. The number of aromatic amines is 1. The van der Waals surface area contributed by atoms with E-state index in [4.69, 9.17) is 9.15 Å². The van der Waals surface area contributed by atoms with Gasteiger partial charge in [-0.15, -0.1) is 0 Å². The molecule has 0 unspecified atom stereocenters. The number of aryl methyl sites for hydroxylation is 3. The summed E-state index contributed by atoms with van der Waals surface area (Å²) in [5.74, 6) is -0.535. The van der Waals surface area contributed by atoms with Crippen molar-refractivity contribution >= 4 is 27.8 Å². The minimum atomic E-state index is -0.589. The van der Waals surface area contributed by atoms with Crippen LogP contribution in [0.5, 0.6) is 0 Å². The number of rotatable bonds is 5. The Morgan fingerprint density at radius 2 is 1.84 bits per heavy atom. The fourth-order valence-corrected chi connectivity index (χ4v) is 3.54. The van der Waals surface area contributed by atoms with Crippen LogP contribution in [0.4, 0.5) is 0 Å². The molecule has 0 fully saturated rings. The Hall–Kier alpha value is -3.94. The molecule has 1 N–H and O–H groups in total. The van der Waals surface area contributed by atoms with Crippen LogP contribution in [0.3, 0.4) is 0 Å². The second-order valence-corrected chi connectivity index (χ2v) is 7.31. The number of H-pyrrole nitrogens is 1. The van der Waals surface area contributed by atoms with Gasteiger partial charge in [0.15, 0.2) is 0 Å². The van der Waals surface area contributed by atoms with Crippen molar-refractivity contribution in [3.05, 3.63) is 90.4 Å². The van der Waals surface area contributed by atoms with Crippen LogP contribution >= 0.6 is 0 Å². The van der Waals surface area contributed by atoms with Gasteiger partial charge in [0.1, 0.15) is 12.2 Å². The van der Waals surface area contributed by atoms with Crippen molar-refractivity contribution < 1.29 is 13.9 Å². The molecule has 0 amide bonds. The number of nitrogens with zero attached hydrogens (tertiary/aromatic N) is 1. The molecule has 8 nitrogen and oxygen atoms in total. The van der Waals surface area contributed by atoms with Gasteiger partial charge in [-0.2, -0.15) is 0 Å². The van der Waals surface area contributed by atoms with Gasteiger partial charge < -0.3 is 9.15 Å². The van der Waals surface area contributed by atoms with Crippen LogP contribution in [0.25, 0.3) is 21.9 Å². The monoisotopic (exact) mass is 420 g/mol. The van der Waals surface area contributed by atoms with Crippen LogP contribution in [-0.4, -0.2) is 15.5 Å². The fraction of sp³-hybridized carbons (Fsp3) is 0.217. The molecular weight excluding hydrogens is 400 g/mol. The number of carbonyl (C=O) groups excluding carboxylic acids is 1. The van der Waals surface area contributed by atoms with Gasteiger partial charge in [0.05, 0.1) is 17.3 Å². The maximum Gasteiger partial charge on any atom is 0.336 e. The molecule has 0 aliphatic heterocycles. The Morgan fingerprint density at radius 3 is 2.65 bits per heavy atom. The smallest absolute Gasteiger partial charge is 0.336 e. The number of ether oxygens (including phenoxy) is 1. The summed E-state index contributed by atoms with van der Waals surface area (Å²) in [5, 5.41) is 1.07. The predicted molar refractivity (Wildman–Crippen MR) is 115 cm³/mol. The molecule has 2 aromatic carbocycles. The lowest BCUT2D eigenvalue weighted by Gasteiger charge is -2.11. The Labute approximate surface area is 175 Å². The first-order valence-electron chi connectivity index (χ1n) is 9.75. The molecule has 31 heavy (non-hydrogen) atoms. The number of aromatic nitrogens is 2. The molecule has 0 radical (unpaired) electrons. The number of hydrogen-bond acceptors (Lipinski definition) is 6. The number of esters is 1. The van der Waals surface area contributed by atoms with Gasteiger partial charge in [0.2, 0.25) is 0 Å². The first-order chi connectivity index (χ1) is 14.8. The van der Waals surface area contributed by atoms with Crippen LogP contribution in [0.1, 0.15) is 23.1 Å². The minimum absolute atomic E-state index is 0.0466. The summed E-state index contributed by atoms with van der Waals surface area (Å²) >= 11 is 0. The third-order valence-electron chi connectivity index (χ3n) is 5.35. The van der Waals surface area contributed by atoms with Crippen molar-refractivity contribution in [2.75, 3.05) is 0 Å². The van der Waals surface area contributed by atoms with Crippen molar-refractivity contribution in [1.82, 2.24) is 9.55 Å². The standard InChI is InChI=1S/C23H20N2O6/c1-13-7-8-16-15(11-20(27)31-21(16)14(13)2)12-30-19(26)9-10-25-18-6-4-3-5-17(18)22(28)24-23(25)29/h3-8,11H,9-10,12H2,1-2H3,(H,24,28,29). The molecule has 4 rings (SSSR count). The van der Waals surface area contributed by atoms with E-state index in [0.29, 0.717) is 27.4 Å². The lowest BCUT2D eigenvalue weighted by atomic mass is 10.0. The SMILES string of the molecule is Cc1ccc2c(COC(=O)CCn3c(=O)[nH]c(=O)c4ccccc43)cc(=O)oc2c1C. The molecule has 0 atom stereocenters. The normalized spacial score (nSPS) is 11.2. The molecule has 2 heterocycles. The van der Waals surface area contributed by atoms with Crippen LogP contribution in [0.2, 0.25) is 0 Å². The summed E-state index contributed by atoms with van der Waals surface area (Å²) < 4.78 is 12.0. The predicted octanol–water partition coefficient (Wildman–Crippen LogP) is 2.55. The Morgan fingerprint density at radius 1 is 1.06 bits per heavy atom. The van der Waals surface area contributed by atoms with Crippen molar-refractivity contribution in [2.24, 2.45) is 0 Å². The Bertz CT molecular complexity index is 1490. The minimum Gasteiger partial charge on any atom is -0.461 e. The molecular formula is C23H20N2O6. The van der Waals surface area contributed by atoms with E-state index in [0.717, 1.165) is 11.1 Å². The van der Waals surface area contributed by atoms with Gasteiger partial charge in [-0.3, -0.25) is 19.1 Å². The van der Waals surface area contributed by atoms with E-state index in [1.54, 1.807) is 24.3 Å². The largest absolute Gasteiger partial charge is 0.461 e. The molecule has 158 valence electrons. The Balaban J connectivity index is 1.52. The summed E-state index contributed by atoms with van der Waals surface area (Å²) in [6.45, 7) is 3.74. The van der Waals surface area contributed by atoms with Gasteiger partial charge in [-0.05, 0) is 37.1 Å². The third kappa shape index (κ3) is 3.92. The summed E-state index contributed by atoms with van der Waals surface area (Å²) in [6.07, 6.45) is -0.0759. The molecule has 2 aromatic heterocycles. The lowest BCUT2D eigenvalue weighted by molar-refractivity contribution is -0.145. The number of fused-ring (bicyclic) bond motifs is 2. The first-order valence-corrected chi connectivity index (χ1v) is 9.75. The van der Waals surface area contributed by atoms with Crippen LogP contribution in [0.15, 0.2) is 61.3 Å². The van der Waals surface area contributed by atoms with Gasteiger partial charge in [0.25, 0.3) is 5.56 Å². The average Bonchev–Trinajstić information content (AvgIpc) is 2.74. The van der Waals surface area contributed by atoms with E-state index in [2.05, 4.69) is 4.98 Å². The topological polar surface area (TPSA) is 111 Å². The number of nitrogens with one attached hydrogen (secondary N) is 1. The molecule has 0 aliphatic rings. The van der Waals surface area contributed by atoms with Gasteiger partial charge >= 0.3 is 17.3 Å². The number of benzene rings is 2. The lowest BCUT2D eigenvalue weighted by Crippen LogP contribution is -2.31. The summed E-state index contributed by atoms with van der Waals surface area (Å²) in [6, 6.07) is 11.7. The number of para-hydroxylation sites is 1. The summed E-state index contributed by atoms with van der Waals surface area (Å²) in [4.78, 5) is 50.7. The van der Waals surface area contributed by atoms with E-state index >= 15 is 0 Å². The van der Waals surface area contributed by atoms with E-state index in [-0.39, 0.29) is 19.6 Å².